The minimum absolute atomic E-state index is 0.174. The molecule has 0 radical (unpaired) electrons. The second-order valence-electron chi connectivity index (χ2n) is 6.25. The van der Waals surface area contributed by atoms with E-state index in [1.165, 1.54) is 0 Å². The summed E-state index contributed by atoms with van der Waals surface area (Å²) in [5, 5.41) is 6.75. The number of benzene rings is 1. The van der Waals surface area contributed by atoms with Crippen LogP contribution in [-0.2, 0) is 0 Å². The van der Waals surface area contributed by atoms with Crippen LogP contribution in [0.25, 0.3) is 11.5 Å². The summed E-state index contributed by atoms with van der Waals surface area (Å²) in [7, 11) is 0. The molecule has 2 aromatic heterocycles. The minimum Gasteiger partial charge on any atom is -0.355 e. The molecular formula is C19H19N5O2. The molecule has 1 aliphatic rings. The largest absolute Gasteiger partial charge is 0.355 e. The number of anilines is 2. The maximum absolute atomic E-state index is 12.6. The third-order valence-corrected chi connectivity index (χ3v) is 4.36. The van der Waals surface area contributed by atoms with Gasteiger partial charge in [-0.3, -0.25) is 4.79 Å². The van der Waals surface area contributed by atoms with Crippen molar-refractivity contribution in [1.82, 2.24) is 15.1 Å². The van der Waals surface area contributed by atoms with Gasteiger partial charge in [-0.15, -0.1) is 0 Å². The molecule has 1 N–H and O–H groups in total. The summed E-state index contributed by atoms with van der Waals surface area (Å²) >= 11 is 0. The quantitative estimate of drug-likeness (QED) is 0.778. The number of nitrogens with zero attached hydrogens (tertiary/aromatic N) is 4. The Hall–Kier alpha value is -3.22. The van der Waals surface area contributed by atoms with E-state index in [-0.39, 0.29) is 5.91 Å². The first-order valence-corrected chi connectivity index (χ1v) is 8.63. The number of pyridine rings is 1. The van der Waals surface area contributed by atoms with Gasteiger partial charge >= 0.3 is 0 Å². The maximum atomic E-state index is 12.6. The SMILES string of the molecule is Cc1noc(-c2ccc(C(=O)Nc3cccnc3N3CCCC3)cc2)n1. The molecule has 3 aromatic rings. The van der Waals surface area contributed by atoms with E-state index in [0.29, 0.717) is 17.3 Å². The molecule has 1 aromatic carbocycles. The van der Waals surface area contributed by atoms with Crippen LogP contribution in [0.15, 0.2) is 47.1 Å². The van der Waals surface area contributed by atoms with E-state index in [0.717, 1.165) is 43.0 Å². The monoisotopic (exact) mass is 349 g/mol. The Morgan fingerprint density at radius 3 is 2.62 bits per heavy atom. The highest BCUT2D eigenvalue weighted by Gasteiger charge is 2.18. The first-order valence-electron chi connectivity index (χ1n) is 8.63. The molecule has 3 heterocycles. The van der Waals surface area contributed by atoms with Crippen LogP contribution in [0.3, 0.4) is 0 Å². The topological polar surface area (TPSA) is 84.2 Å². The van der Waals surface area contributed by atoms with Gasteiger partial charge in [0.2, 0.25) is 0 Å². The molecule has 1 saturated heterocycles. The van der Waals surface area contributed by atoms with Gasteiger partial charge in [-0.25, -0.2) is 4.98 Å². The number of aromatic nitrogens is 3. The van der Waals surface area contributed by atoms with Gasteiger partial charge in [0.15, 0.2) is 11.6 Å². The normalized spacial score (nSPS) is 13.8. The van der Waals surface area contributed by atoms with Gasteiger partial charge < -0.3 is 14.7 Å². The Morgan fingerprint density at radius 1 is 1.15 bits per heavy atom. The second kappa shape index (κ2) is 6.95. The van der Waals surface area contributed by atoms with Crippen LogP contribution in [0.5, 0.6) is 0 Å². The highest BCUT2D eigenvalue weighted by Crippen LogP contribution is 2.26. The number of carbonyl (C=O) groups is 1. The Kier molecular flexibility index (Phi) is 4.35. The zero-order valence-electron chi connectivity index (χ0n) is 14.5. The number of rotatable bonds is 4. The smallest absolute Gasteiger partial charge is 0.257 e. The summed E-state index contributed by atoms with van der Waals surface area (Å²) in [6.07, 6.45) is 4.06. The standard InChI is InChI=1S/C19H19N5O2/c1-13-21-19(26-23-13)15-8-6-14(7-9-15)18(25)22-16-5-4-10-20-17(16)24-11-2-3-12-24/h4-10H,2-3,11-12H2,1H3,(H,22,25). The van der Waals surface area contributed by atoms with Crippen molar-refractivity contribution in [3.05, 3.63) is 54.0 Å². The number of nitrogens with one attached hydrogen (secondary N) is 1. The van der Waals surface area contributed by atoms with Crippen LogP contribution >= 0.6 is 0 Å². The van der Waals surface area contributed by atoms with Crippen molar-refractivity contribution in [3.63, 3.8) is 0 Å². The summed E-state index contributed by atoms with van der Waals surface area (Å²) in [6, 6.07) is 10.8. The van der Waals surface area contributed by atoms with Crippen LogP contribution in [0.1, 0.15) is 29.0 Å². The van der Waals surface area contributed by atoms with Gasteiger partial charge in [0, 0.05) is 30.4 Å². The molecule has 132 valence electrons. The third kappa shape index (κ3) is 3.28. The highest BCUT2D eigenvalue weighted by molar-refractivity contribution is 6.05. The van der Waals surface area contributed by atoms with Crippen LogP contribution in [-0.4, -0.2) is 34.1 Å². The third-order valence-electron chi connectivity index (χ3n) is 4.36. The summed E-state index contributed by atoms with van der Waals surface area (Å²) in [5.41, 5.74) is 2.07. The first-order chi connectivity index (χ1) is 12.7. The lowest BCUT2D eigenvalue weighted by molar-refractivity contribution is 0.102. The van der Waals surface area contributed by atoms with Crippen molar-refractivity contribution >= 4 is 17.4 Å². The van der Waals surface area contributed by atoms with Crippen LogP contribution in [0.4, 0.5) is 11.5 Å². The van der Waals surface area contributed by atoms with Gasteiger partial charge in [-0.2, -0.15) is 4.98 Å². The molecule has 7 heteroatoms. The van der Waals surface area contributed by atoms with Crippen molar-refractivity contribution in [2.75, 3.05) is 23.3 Å². The lowest BCUT2D eigenvalue weighted by Crippen LogP contribution is -2.22. The van der Waals surface area contributed by atoms with Gasteiger partial charge in [-0.1, -0.05) is 5.16 Å². The maximum Gasteiger partial charge on any atom is 0.257 e. The fourth-order valence-electron chi connectivity index (χ4n) is 3.05. The lowest BCUT2D eigenvalue weighted by Gasteiger charge is -2.20. The molecule has 0 spiro atoms. The van der Waals surface area contributed by atoms with E-state index in [9.17, 15) is 4.79 Å². The van der Waals surface area contributed by atoms with Gasteiger partial charge in [0.25, 0.3) is 11.8 Å². The molecule has 26 heavy (non-hydrogen) atoms. The van der Waals surface area contributed by atoms with Crippen molar-refractivity contribution < 1.29 is 9.32 Å². The van der Waals surface area contributed by atoms with E-state index in [4.69, 9.17) is 4.52 Å². The number of carbonyl (C=O) groups excluding carboxylic acids is 1. The Balaban J connectivity index is 1.52. The van der Waals surface area contributed by atoms with E-state index in [2.05, 4.69) is 25.3 Å². The van der Waals surface area contributed by atoms with Gasteiger partial charge in [0.05, 0.1) is 5.69 Å². The minimum atomic E-state index is -0.174. The van der Waals surface area contributed by atoms with E-state index in [1.54, 1.807) is 37.4 Å². The highest BCUT2D eigenvalue weighted by atomic mass is 16.5. The predicted molar refractivity (Wildman–Crippen MR) is 98.1 cm³/mol. The average Bonchev–Trinajstić information content (AvgIpc) is 3.34. The number of aryl methyl sites for hydroxylation is 1. The molecule has 0 aliphatic carbocycles. The summed E-state index contributed by atoms with van der Waals surface area (Å²) in [6.45, 7) is 3.71. The Morgan fingerprint density at radius 2 is 1.92 bits per heavy atom. The van der Waals surface area contributed by atoms with Crippen LogP contribution in [0.2, 0.25) is 0 Å². The van der Waals surface area contributed by atoms with E-state index < -0.39 is 0 Å². The average molecular weight is 349 g/mol. The summed E-state index contributed by atoms with van der Waals surface area (Å²) in [5.74, 6) is 1.67. The number of hydrogen-bond acceptors (Lipinski definition) is 6. The molecule has 0 bridgehead atoms. The first kappa shape index (κ1) is 16.3. The van der Waals surface area contributed by atoms with Crippen LogP contribution < -0.4 is 10.2 Å². The molecule has 4 rings (SSSR count). The van der Waals surface area contributed by atoms with Crippen molar-refractivity contribution in [1.29, 1.82) is 0 Å². The molecule has 0 atom stereocenters. The van der Waals surface area contributed by atoms with E-state index in [1.807, 2.05) is 12.1 Å². The molecule has 1 fully saturated rings. The zero-order chi connectivity index (χ0) is 17.9. The molecular weight excluding hydrogens is 330 g/mol. The second-order valence-corrected chi connectivity index (χ2v) is 6.25. The van der Waals surface area contributed by atoms with Gasteiger partial charge in [-0.05, 0) is 56.2 Å². The van der Waals surface area contributed by atoms with Crippen LogP contribution in [0, 0.1) is 6.92 Å². The predicted octanol–water partition coefficient (Wildman–Crippen LogP) is 3.29. The van der Waals surface area contributed by atoms with Crippen molar-refractivity contribution in [3.8, 4) is 11.5 Å². The van der Waals surface area contributed by atoms with Crippen molar-refractivity contribution in [2.24, 2.45) is 0 Å². The molecule has 0 saturated carbocycles. The van der Waals surface area contributed by atoms with Crippen molar-refractivity contribution in [2.45, 2.75) is 19.8 Å². The Bertz CT molecular complexity index is 914. The summed E-state index contributed by atoms with van der Waals surface area (Å²) in [4.78, 5) is 23.5. The zero-order valence-corrected chi connectivity index (χ0v) is 14.5. The number of hydrogen-bond donors (Lipinski definition) is 1. The molecule has 0 unspecified atom stereocenters. The lowest BCUT2D eigenvalue weighted by atomic mass is 10.1. The van der Waals surface area contributed by atoms with E-state index >= 15 is 0 Å². The summed E-state index contributed by atoms with van der Waals surface area (Å²) < 4.78 is 5.14. The van der Waals surface area contributed by atoms with Gasteiger partial charge in [0.1, 0.15) is 0 Å². The number of amides is 1. The molecule has 1 aliphatic heterocycles. The molecule has 7 nitrogen and oxygen atoms in total. The Labute approximate surface area is 151 Å². The fourth-order valence-corrected chi connectivity index (χ4v) is 3.05. The fraction of sp³-hybridized carbons (Fsp3) is 0.263. The molecule has 1 amide bonds.